The number of nitrogens with one attached hydrogen (secondary N) is 1. The van der Waals surface area contributed by atoms with Crippen molar-refractivity contribution in [3.05, 3.63) is 99.4 Å². The maximum absolute atomic E-state index is 13.7. The maximum Gasteiger partial charge on any atom is 0.459 e. The van der Waals surface area contributed by atoms with Crippen molar-refractivity contribution in [2.45, 2.75) is 30.8 Å². The topological polar surface area (TPSA) is 233 Å². The zero-order chi connectivity index (χ0) is 29.5. The highest BCUT2D eigenvalue weighted by Crippen LogP contribution is 2.47. The van der Waals surface area contributed by atoms with E-state index in [1.807, 2.05) is 6.07 Å². The molecule has 0 radical (unpaired) electrons. The van der Waals surface area contributed by atoms with Gasteiger partial charge >= 0.3 is 19.4 Å². The summed E-state index contributed by atoms with van der Waals surface area (Å²) in [6.45, 7) is -1.60. The molecule has 0 amide bonds. The van der Waals surface area contributed by atoms with Crippen molar-refractivity contribution in [1.29, 1.82) is 0 Å². The number of aromatic nitrogens is 2. The van der Waals surface area contributed by atoms with Crippen LogP contribution in [0.25, 0.3) is 10.4 Å². The number of anilines is 1. The van der Waals surface area contributed by atoms with Gasteiger partial charge in [-0.3, -0.25) is 13.9 Å². The number of rotatable bonds is 12. The van der Waals surface area contributed by atoms with E-state index in [-0.39, 0.29) is 18.2 Å². The second kappa shape index (κ2) is 12.9. The number of nitrogen functional groups attached to an aromatic ring is 1. The molecule has 216 valence electrons. The van der Waals surface area contributed by atoms with Crippen LogP contribution in [0.15, 0.2) is 82.8 Å². The summed E-state index contributed by atoms with van der Waals surface area (Å²) in [6.07, 6.45) is -4.21. The summed E-state index contributed by atoms with van der Waals surface area (Å²) in [5, 5.41) is 27.3. The first-order valence-electron chi connectivity index (χ1n) is 12.0. The molecule has 1 aliphatic heterocycles. The van der Waals surface area contributed by atoms with Crippen LogP contribution < -0.4 is 21.0 Å². The summed E-state index contributed by atoms with van der Waals surface area (Å²) >= 11 is 0. The van der Waals surface area contributed by atoms with Crippen LogP contribution in [-0.2, 0) is 30.0 Å². The van der Waals surface area contributed by atoms with Crippen molar-refractivity contribution < 1.29 is 38.1 Å². The standard InChI is InChI=1S/C24H26N7O9P/c25-18-11-12-31(23(35)28-18)22-20(33)21(34)24(39-22,29-30-26)15-38-41(36,40-17-9-5-2-6-10-17)27-13-19(32)37-14-16-7-3-1-4-8-16/h1-12,20-22,33-34H,13-15H2,(H,27,36)(H2,25,28,35)/t20-,21+,22-,24?,41?/m1/s1. The van der Waals surface area contributed by atoms with Crippen LogP contribution in [0.2, 0.25) is 0 Å². The molecule has 0 aliphatic carbocycles. The van der Waals surface area contributed by atoms with Crippen LogP contribution in [0.3, 0.4) is 0 Å². The largest absolute Gasteiger partial charge is 0.460 e. The molecule has 2 heterocycles. The number of hydrogen-bond donors (Lipinski definition) is 4. The van der Waals surface area contributed by atoms with Gasteiger partial charge in [-0.05, 0) is 29.3 Å². The number of benzene rings is 2. The predicted octanol–water partition coefficient (Wildman–Crippen LogP) is 1.62. The molecular formula is C24H26N7O9P. The fourth-order valence-electron chi connectivity index (χ4n) is 3.77. The predicted molar refractivity (Wildman–Crippen MR) is 142 cm³/mol. The summed E-state index contributed by atoms with van der Waals surface area (Å²) in [7, 11) is -4.47. The van der Waals surface area contributed by atoms with Crippen LogP contribution in [0.1, 0.15) is 11.8 Å². The van der Waals surface area contributed by atoms with Crippen LogP contribution in [0.4, 0.5) is 5.82 Å². The Labute approximate surface area is 232 Å². The minimum absolute atomic E-state index is 0.0370. The minimum atomic E-state index is -4.47. The Morgan fingerprint density at radius 2 is 1.88 bits per heavy atom. The number of hydrogen-bond acceptors (Lipinski definition) is 12. The molecule has 2 unspecified atom stereocenters. The van der Waals surface area contributed by atoms with Crippen molar-refractivity contribution in [3.8, 4) is 5.75 Å². The molecule has 3 aromatic rings. The smallest absolute Gasteiger partial charge is 0.459 e. The Morgan fingerprint density at radius 1 is 1.20 bits per heavy atom. The summed E-state index contributed by atoms with van der Waals surface area (Å²) in [5.74, 6) is -0.803. The molecule has 16 nitrogen and oxygen atoms in total. The van der Waals surface area contributed by atoms with E-state index in [0.29, 0.717) is 0 Å². The van der Waals surface area contributed by atoms with Gasteiger partial charge in [-0.15, -0.1) is 0 Å². The van der Waals surface area contributed by atoms with E-state index in [0.717, 1.165) is 16.3 Å². The lowest BCUT2D eigenvalue weighted by Gasteiger charge is -2.28. The molecule has 5 N–H and O–H groups in total. The summed E-state index contributed by atoms with van der Waals surface area (Å²) in [4.78, 5) is 30.9. The molecule has 1 aliphatic rings. The van der Waals surface area contributed by atoms with E-state index >= 15 is 0 Å². The Balaban J connectivity index is 1.52. The molecular weight excluding hydrogens is 561 g/mol. The van der Waals surface area contributed by atoms with Crippen LogP contribution in [0.5, 0.6) is 5.75 Å². The normalized spacial score (nSPS) is 23.2. The Hall–Kier alpha value is -4.27. The third kappa shape index (κ3) is 7.28. The number of carbonyl (C=O) groups excluding carboxylic acids is 1. The second-order valence-corrected chi connectivity index (χ2v) is 10.4. The van der Waals surface area contributed by atoms with E-state index < -0.39 is 56.7 Å². The van der Waals surface area contributed by atoms with Gasteiger partial charge in [0.05, 0.1) is 6.61 Å². The zero-order valence-corrected chi connectivity index (χ0v) is 22.2. The van der Waals surface area contributed by atoms with E-state index in [4.69, 9.17) is 24.3 Å². The van der Waals surface area contributed by atoms with E-state index in [1.165, 1.54) is 18.2 Å². The molecule has 0 bridgehead atoms. The quantitative estimate of drug-likeness (QED) is 0.0778. The second-order valence-electron chi connectivity index (χ2n) is 8.68. The van der Waals surface area contributed by atoms with Gasteiger partial charge in [0.2, 0.25) is 5.72 Å². The van der Waals surface area contributed by atoms with Gasteiger partial charge in [0.25, 0.3) is 0 Å². The molecule has 2 aromatic carbocycles. The first-order valence-corrected chi connectivity index (χ1v) is 13.6. The highest BCUT2D eigenvalue weighted by Gasteiger charge is 2.56. The fraction of sp³-hybridized carbons (Fsp3) is 0.292. The van der Waals surface area contributed by atoms with E-state index in [1.54, 1.807) is 42.5 Å². The number of carbonyl (C=O) groups is 1. The first kappa shape index (κ1) is 29.7. The van der Waals surface area contributed by atoms with Crippen molar-refractivity contribution in [1.82, 2.24) is 14.6 Å². The summed E-state index contributed by atoms with van der Waals surface area (Å²) in [6, 6.07) is 17.9. The highest BCUT2D eigenvalue weighted by atomic mass is 31.2. The summed E-state index contributed by atoms with van der Waals surface area (Å²) < 4.78 is 36.3. The van der Waals surface area contributed by atoms with Crippen molar-refractivity contribution >= 4 is 19.5 Å². The molecule has 17 heteroatoms. The number of nitrogens with zero attached hydrogens (tertiary/aromatic N) is 5. The number of ether oxygens (including phenoxy) is 2. The third-order valence-corrected chi connectivity index (χ3v) is 7.28. The minimum Gasteiger partial charge on any atom is -0.460 e. The average Bonchev–Trinajstić information content (AvgIpc) is 3.21. The number of para-hydroxylation sites is 1. The number of aliphatic hydroxyl groups excluding tert-OH is 2. The monoisotopic (exact) mass is 587 g/mol. The lowest BCUT2D eigenvalue weighted by atomic mass is 10.1. The molecule has 0 spiro atoms. The molecule has 5 atom stereocenters. The van der Waals surface area contributed by atoms with Gasteiger partial charge in [-0.25, -0.2) is 14.4 Å². The third-order valence-electron chi connectivity index (χ3n) is 5.81. The molecule has 4 rings (SSSR count). The number of esters is 1. The Kier molecular flexibility index (Phi) is 9.37. The van der Waals surface area contributed by atoms with Gasteiger partial charge in [0.15, 0.2) is 6.23 Å². The molecule has 1 saturated heterocycles. The molecule has 0 saturated carbocycles. The fourth-order valence-corrected chi connectivity index (χ4v) is 5.06. The van der Waals surface area contributed by atoms with Gasteiger partial charge in [0, 0.05) is 11.1 Å². The highest BCUT2D eigenvalue weighted by molar-refractivity contribution is 7.52. The SMILES string of the molecule is [N-]=[N+]=NC1(COP(=O)(NCC(=O)OCc2ccccc2)Oc2ccccc2)O[C@@H](n2ccc(N)nc2=O)[C@H](O)[C@@H]1O. The van der Waals surface area contributed by atoms with Gasteiger partial charge in [-0.2, -0.15) is 4.98 Å². The first-order chi connectivity index (χ1) is 19.6. The zero-order valence-electron chi connectivity index (χ0n) is 21.3. The van der Waals surface area contributed by atoms with Crippen LogP contribution in [-0.4, -0.2) is 56.8 Å². The number of nitrogens with two attached hydrogens (primary N) is 1. The lowest BCUT2D eigenvalue weighted by Crippen LogP contribution is -2.45. The van der Waals surface area contributed by atoms with Crippen molar-refractivity contribution in [2.24, 2.45) is 5.11 Å². The number of azide groups is 1. The van der Waals surface area contributed by atoms with Crippen molar-refractivity contribution in [3.63, 3.8) is 0 Å². The van der Waals surface area contributed by atoms with Crippen LogP contribution >= 0.6 is 7.75 Å². The Bertz CT molecular complexity index is 1500. The molecule has 41 heavy (non-hydrogen) atoms. The van der Waals surface area contributed by atoms with Gasteiger partial charge < -0.3 is 29.9 Å². The number of aliphatic hydroxyl groups is 2. The Morgan fingerprint density at radius 3 is 2.54 bits per heavy atom. The maximum atomic E-state index is 13.7. The van der Waals surface area contributed by atoms with E-state index in [2.05, 4.69) is 20.1 Å². The van der Waals surface area contributed by atoms with Gasteiger partial charge in [-0.1, -0.05) is 53.6 Å². The van der Waals surface area contributed by atoms with Crippen molar-refractivity contribution in [2.75, 3.05) is 18.9 Å². The lowest BCUT2D eigenvalue weighted by molar-refractivity contribution is -0.143. The summed E-state index contributed by atoms with van der Waals surface area (Å²) in [5.41, 5.74) is 12.1. The molecule has 1 fully saturated rings. The molecule has 1 aromatic heterocycles. The van der Waals surface area contributed by atoms with E-state index in [9.17, 15) is 29.9 Å². The van der Waals surface area contributed by atoms with Crippen LogP contribution in [0, 0.1) is 0 Å². The van der Waals surface area contributed by atoms with Gasteiger partial charge in [0.1, 0.15) is 36.9 Å². The average molecular weight is 587 g/mol.